The fourth-order valence-corrected chi connectivity index (χ4v) is 3.77. The minimum absolute atomic E-state index is 0.0580. The van der Waals surface area contributed by atoms with Gasteiger partial charge in [0.25, 0.3) is 11.5 Å². The van der Waals surface area contributed by atoms with Gasteiger partial charge in [-0.05, 0) is 45.3 Å². The molecule has 0 spiro atoms. The Balaban J connectivity index is 1.38. The number of nitrogens with zero attached hydrogens (tertiary/aromatic N) is 4. The average molecular weight is 390 g/mol. The van der Waals surface area contributed by atoms with Crippen LogP contribution in [-0.2, 0) is 4.79 Å². The van der Waals surface area contributed by atoms with Gasteiger partial charge < -0.3 is 20.1 Å². The molecule has 0 bridgehead atoms. The number of amides is 2. The monoisotopic (exact) mass is 390 g/mol. The first kappa shape index (κ1) is 20.5. The fourth-order valence-electron chi connectivity index (χ4n) is 3.77. The Bertz CT molecular complexity index is 728. The summed E-state index contributed by atoms with van der Waals surface area (Å²) < 4.78 is 0. The Kier molecular flexibility index (Phi) is 7.16. The van der Waals surface area contributed by atoms with Crippen molar-refractivity contribution in [2.75, 3.05) is 59.4 Å². The molecule has 1 aromatic heterocycles. The van der Waals surface area contributed by atoms with Crippen LogP contribution in [-0.4, -0.2) is 95.9 Å². The van der Waals surface area contributed by atoms with Gasteiger partial charge >= 0.3 is 0 Å². The van der Waals surface area contributed by atoms with Crippen molar-refractivity contribution in [1.82, 2.24) is 30.0 Å². The number of rotatable bonds is 5. The number of aromatic amines is 1. The summed E-state index contributed by atoms with van der Waals surface area (Å²) in [5.41, 5.74) is -0.515. The van der Waals surface area contributed by atoms with E-state index in [-0.39, 0.29) is 17.5 Å². The van der Waals surface area contributed by atoms with Crippen LogP contribution in [0, 0.1) is 5.92 Å². The van der Waals surface area contributed by atoms with Crippen LogP contribution in [0.15, 0.2) is 17.2 Å². The zero-order valence-electron chi connectivity index (χ0n) is 16.5. The number of aromatic nitrogens is 2. The molecule has 9 heteroatoms. The first-order valence-corrected chi connectivity index (χ1v) is 10.0. The highest BCUT2D eigenvalue weighted by atomic mass is 16.2. The molecule has 9 nitrogen and oxygen atoms in total. The number of likely N-dealkylation sites (tertiary alicyclic amines) is 1. The molecule has 3 rings (SSSR count). The molecule has 1 aromatic rings. The summed E-state index contributed by atoms with van der Waals surface area (Å²) in [6.07, 6.45) is 5.54. The second-order valence-corrected chi connectivity index (χ2v) is 7.74. The van der Waals surface area contributed by atoms with Crippen LogP contribution in [0.5, 0.6) is 0 Å². The van der Waals surface area contributed by atoms with Gasteiger partial charge in [-0.15, -0.1) is 0 Å². The van der Waals surface area contributed by atoms with E-state index in [2.05, 4.69) is 32.1 Å². The summed E-state index contributed by atoms with van der Waals surface area (Å²) in [5, 5.41) is 3.05. The molecule has 2 fully saturated rings. The molecule has 28 heavy (non-hydrogen) atoms. The zero-order valence-corrected chi connectivity index (χ0v) is 16.5. The molecule has 0 radical (unpaired) electrons. The fraction of sp³-hybridized carbons (Fsp3) is 0.684. The topological polar surface area (TPSA) is 102 Å². The van der Waals surface area contributed by atoms with E-state index in [1.165, 1.54) is 12.4 Å². The van der Waals surface area contributed by atoms with Crippen molar-refractivity contribution < 1.29 is 9.59 Å². The van der Waals surface area contributed by atoms with Crippen molar-refractivity contribution in [3.05, 3.63) is 28.4 Å². The van der Waals surface area contributed by atoms with Crippen LogP contribution in [0.2, 0.25) is 0 Å². The van der Waals surface area contributed by atoms with E-state index in [0.29, 0.717) is 32.1 Å². The molecule has 0 unspecified atom stereocenters. The van der Waals surface area contributed by atoms with E-state index in [4.69, 9.17) is 0 Å². The minimum atomic E-state index is -0.457. The van der Waals surface area contributed by atoms with Crippen LogP contribution in [0.3, 0.4) is 0 Å². The van der Waals surface area contributed by atoms with Gasteiger partial charge in [-0.3, -0.25) is 19.3 Å². The third-order valence-electron chi connectivity index (χ3n) is 5.58. The summed E-state index contributed by atoms with van der Waals surface area (Å²) in [7, 11) is 2.12. The van der Waals surface area contributed by atoms with Crippen LogP contribution in [0.25, 0.3) is 0 Å². The predicted octanol–water partition coefficient (Wildman–Crippen LogP) is -0.624. The van der Waals surface area contributed by atoms with Gasteiger partial charge in [0.2, 0.25) is 5.91 Å². The molecule has 2 saturated heterocycles. The van der Waals surface area contributed by atoms with Crippen LogP contribution >= 0.6 is 0 Å². The van der Waals surface area contributed by atoms with E-state index >= 15 is 0 Å². The molecular weight excluding hydrogens is 360 g/mol. The normalized spacial score (nSPS) is 20.0. The van der Waals surface area contributed by atoms with Crippen molar-refractivity contribution in [2.24, 2.45) is 5.92 Å². The van der Waals surface area contributed by atoms with E-state index in [1.54, 1.807) is 4.90 Å². The lowest BCUT2D eigenvalue weighted by Gasteiger charge is -2.31. The quantitative estimate of drug-likeness (QED) is 0.695. The number of carbonyl (C=O) groups excluding carboxylic acids is 2. The maximum absolute atomic E-state index is 12.4. The lowest BCUT2D eigenvalue weighted by atomic mass is 9.96. The Morgan fingerprint density at radius 2 is 1.96 bits per heavy atom. The first-order valence-electron chi connectivity index (χ1n) is 10.0. The Morgan fingerprint density at radius 1 is 1.18 bits per heavy atom. The van der Waals surface area contributed by atoms with Gasteiger partial charge in [0.1, 0.15) is 0 Å². The highest BCUT2D eigenvalue weighted by molar-refractivity contribution is 5.91. The number of hydrogen-bond donors (Lipinski definition) is 2. The van der Waals surface area contributed by atoms with Crippen LogP contribution in [0.1, 0.15) is 29.8 Å². The van der Waals surface area contributed by atoms with Gasteiger partial charge in [-0.25, -0.2) is 4.98 Å². The summed E-state index contributed by atoms with van der Waals surface area (Å²) in [6, 6.07) is 0. The van der Waals surface area contributed by atoms with Gasteiger partial charge in [0, 0.05) is 45.1 Å². The molecule has 0 aromatic carbocycles. The summed E-state index contributed by atoms with van der Waals surface area (Å²) in [4.78, 5) is 49.0. The SMILES string of the molecule is CN1CCCN(CC(=O)NCC2CCN(C(=O)c3ncc[nH]c3=O)CC2)CC1. The van der Waals surface area contributed by atoms with Crippen molar-refractivity contribution in [2.45, 2.75) is 19.3 Å². The molecule has 0 aliphatic carbocycles. The van der Waals surface area contributed by atoms with E-state index in [9.17, 15) is 14.4 Å². The Morgan fingerprint density at radius 3 is 2.71 bits per heavy atom. The number of likely N-dealkylation sites (N-methyl/N-ethyl adjacent to an activating group) is 1. The van der Waals surface area contributed by atoms with Crippen molar-refractivity contribution in [1.29, 1.82) is 0 Å². The molecule has 0 atom stereocenters. The lowest BCUT2D eigenvalue weighted by Crippen LogP contribution is -2.44. The second-order valence-electron chi connectivity index (χ2n) is 7.74. The average Bonchev–Trinajstić information content (AvgIpc) is 2.91. The van der Waals surface area contributed by atoms with Crippen LogP contribution in [0.4, 0.5) is 0 Å². The minimum Gasteiger partial charge on any atom is -0.355 e. The van der Waals surface area contributed by atoms with Crippen molar-refractivity contribution in [3.63, 3.8) is 0 Å². The number of carbonyl (C=O) groups is 2. The van der Waals surface area contributed by atoms with Crippen molar-refractivity contribution >= 4 is 11.8 Å². The van der Waals surface area contributed by atoms with E-state index in [0.717, 1.165) is 45.4 Å². The standard InChI is InChI=1S/C19H30N6O3/c1-23-7-2-8-24(12-11-23)14-16(26)22-13-15-3-9-25(10-4-15)19(28)17-18(27)21-6-5-20-17/h5-6,15H,2-4,7-14H2,1H3,(H,21,27)(H,22,26). The van der Waals surface area contributed by atoms with E-state index < -0.39 is 5.56 Å². The molecule has 154 valence electrons. The second kappa shape index (κ2) is 9.79. The molecule has 0 saturated carbocycles. The molecule has 2 N–H and O–H groups in total. The van der Waals surface area contributed by atoms with Gasteiger partial charge in [0.15, 0.2) is 5.69 Å². The van der Waals surface area contributed by atoms with Gasteiger partial charge in [-0.2, -0.15) is 0 Å². The highest BCUT2D eigenvalue weighted by Crippen LogP contribution is 2.17. The molecule has 3 heterocycles. The number of hydrogen-bond acceptors (Lipinski definition) is 6. The Hall–Kier alpha value is -2.26. The van der Waals surface area contributed by atoms with Crippen molar-refractivity contribution in [3.8, 4) is 0 Å². The number of piperidine rings is 1. The first-order chi connectivity index (χ1) is 13.5. The zero-order chi connectivity index (χ0) is 19.9. The molecule has 2 aliphatic rings. The number of H-pyrrole nitrogens is 1. The van der Waals surface area contributed by atoms with Gasteiger partial charge in [0.05, 0.1) is 6.54 Å². The smallest absolute Gasteiger partial charge is 0.279 e. The summed E-state index contributed by atoms with van der Waals surface area (Å²) >= 11 is 0. The summed E-state index contributed by atoms with van der Waals surface area (Å²) in [5.74, 6) is 0.101. The van der Waals surface area contributed by atoms with E-state index in [1.807, 2.05) is 0 Å². The third-order valence-corrected chi connectivity index (χ3v) is 5.58. The number of nitrogens with one attached hydrogen (secondary N) is 2. The van der Waals surface area contributed by atoms with Gasteiger partial charge in [-0.1, -0.05) is 0 Å². The third kappa shape index (κ3) is 5.62. The maximum Gasteiger partial charge on any atom is 0.279 e. The molecular formula is C19H30N6O3. The molecule has 2 aliphatic heterocycles. The molecule has 2 amide bonds. The summed E-state index contributed by atoms with van der Waals surface area (Å²) in [6.45, 7) is 6.22. The maximum atomic E-state index is 12.4. The largest absolute Gasteiger partial charge is 0.355 e. The van der Waals surface area contributed by atoms with Crippen LogP contribution < -0.4 is 10.9 Å². The predicted molar refractivity (Wildman–Crippen MR) is 105 cm³/mol. The highest BCUT2D eigenvalue weighted by Gasteiger charge is 2.26. The Labute approximate surface area is 165 Å². The lowest BCUT2D eigenvalue weighted by molar-refractivity contribution is -0.122.